The number of pyridine rings is 2. The Morgan fingerprint density at radius 3 is 2.57 bits per heavy atom. The van der Waals surface area contributed by atoms with E-state index in [1.165, 1.54) is 25.2 Å². The molecule has 35 heavy (non-hydrogen) atoms. The smallest absolute Gasteiger partial charge is 0.257 e. The van der Waals surface area contributed by atoms with Crippen molar-refractivity contribution in [2.45, 2.75) is 19.8 Å². The van der Waals surface area contributed by atoms with Crippen molar-refractivity contribution in [1.29, 1.82) is 0 Å². The van der Waals surface area contributed by atoms with E-state index in [-0.39, 0.29) is 11.8 Å². The van der Waals surface area contributed by atoms with Crippen LogP contribution in [-0.2, 0) is 7.05 Å². The maximum Gasteiger partial charge on any atom is 0.257 e. The minimum Gasteiger partial charge on any atom is -0.351 e. The Morgan fingerprint density at radius 1 is 1.03 bits per heavy atom. The molecule has 0 radical (unpaired) electrons. The van der Waals surface area contributed by atoms with E-state index < -0.39 is 0 Å². The summed E-state index contributed by atoms with van der Waals surface area (Å²) in [7, 11) is 1.86. The Morgan fingerprint density at radius 2 is 1.80 bits per heavy atom. The van der Waals surface area contributed by atoms with Gasteiger partial charge in [0, 0.05) is 49.7 Å². The Hall–Kier alpha value is -4.05. The Balaban J connectivity index is 1.27. The van der Waals surface area contributed by atoms with Crippen LogP contribution in [0, 0.1) is 6.92 Å². The Labute approximate surface area is 202 Å². The monoisotopic (exact) mass is 472 g/mol. The van der Waals surface area contributed by atoms with Crippen molar-refractivity contribution < 1.29 is 9.59 Å². The molecule has 0 aliphatic carbocycles. The largest absolute Gasteiger partial charge is 0.351 e. The van der Waals surface area contributed by atoms with Crippen LogP contribution < -0.4 is 10.6 Å². The number of aromatic amines is 1. The maximum absolute atomic E-state index is 13.0. The molecule has 1 aliphatic heterocycles. The van der Waals surface area contributed by atoms with Crippen LogP contribution in [0.15, 0.2) is 43.0 Å². The summed E-state index contributed by atoms with van der Waals surface area (Å²) < 4.78 is 1.73. The van der Waals surface area contributed by atoms with Crippen LogP contribution in [0.4, 0.5) is 5.69 Å². The van der Waals surface area contributed by atoms with Gasteiger partial charge in [-0.3, -0.25) is 19.3 Å². The van der Waals surface area contributed by atoms with Gasteiger partial charge >= 0.3 is 0 Å². The number of aromatic nitrogens is 5. The summed E-state index contributed by atoms with van der Waals surface area (Å²) in [6.45, 7) is 5.39. The fourth-order valence-corrected chi connectivity index (χ4v) is 4.27. The summed E-state index contributed by atoms with van der Waals surface area (Å²) in [5, 5.41) is 10.8. The topological polar surface area (TPSA) is 121 Å². The molecule has 0 saturated carbocycles. The van der Waals surface area contributed by atoms with Gasteiger partial charge in [0.2, 0.25) is 0 Å². The number of carbonyl (C=O) groups is 2. The summed E-state index contributed by atoms with van der Waals surface area (Å²) in [4.78, 5) is 39.9. The van der Waals surface area contributed by atoms with Gasteiger partial charge in [-0.1, -0.05) is 0 Å². The predicted octanol–water partition coefficient (Wildman–Crippen LogP) is 2.74. The molecular formula is C25H28N8O2. The van der Waals surface area contributed by atoms with E-state index in [4.69, 9.17) is 0 Å². The minimum atomic E-state index is -0.319. The number of aryl methyl sites for hydroxylation is 2. The maximum atomic E-state index is 13.0. The average Bonchev–Trinajstić information content (AvgIpc) is 3.60. The second-order valence-corrected chi connectivity index (χ2v) is 8.86. The number of carbonyl (C=O) groups excluding carboxylic acids is 2. The van der Waals surface area contributed by atoms with Crippen molar-refractivity contribution in [1.82, 2.24) is 34.9 Å². The molecule has 4 aromatic rings. The molecule has 1 fully saturated rings. The van der Waals surface area contributed by atoms with Crippen molar-refractivity contribution >= 4 is 28.5 Å². The van der Waals surface area contributed by atoms with Gasteiger partial charge in [-0.2, -0.15) is 5.10 Å². The van der Waals surface area contributed by atoms with Gasteiger partial charge in [-0.05, 0) is 51.1 Å². The molecule has 0 unspecified atom stereocenters. The van der Waals surface area contributed by atoms with Gasteiger partial charge in [-0.25, -0.2) is 4.98 Å². The van der Waals surface area contributed by atoms with E-state index in [9.17, 15) is 9.59 Å². The van der Waals surface area contributed by atoms with Gasteiger partial charge < -0.3 is 20.5 Å². The fourth-order valence-electron chi connectivity index (χ4n) is 4.27. The third-order valence-electron chi connectivity index (χ3n) is 6.26. The number of likely N-dealkylation sites (tertiary alicyclic amines) is 1. The summed E-state index contributed by atoms with van der Waals surface area (Å²) in [6.07, 6.45) is 9.17. The third kappa shape index (κ3) is 5.07. The van der Waals surface area contributed by atoms with Gasteiger partial charge in [-0.15, -0.1) is 0 Å². The van der Waals surface area contributed by atoms with Gasteiger partial charge in [0.1, 0.15) is 5.65 Å². The molecule has 10 nitrogen and oxygen atoms in total. The number of H-pyrrole nitrogens is 1. The van der Waals surface area contributed by atoms with E-state index in [1.807, 2.05) is 19.3 Å². The first-order valence-electron chi connectivity index (χ1n) is 11.7. The number of fused-ring (bicyclic) bond motifs is 1. The number of nitrogens with one attached hydrogen (secondary N) is 3. The first kappa shape index (κ1) is 22.7. The highest BCUT2D eigenvalue weighted by molar-refractivity contribution is 6.06. The molecule has 0 spiro atoms. The summed E-state index contributed by atoms with van der Waals surface area (Å²) >= 11 is 0. The van der Waals surface area contributed by atoms with Crippen molar-refractivity contribution in [2.75, 3.05) is 31.5 Å². The molecule has 0 bridgehead atoms. The van der Waals surface area contributed by atoms with Crippen LogP contribution in [0.1, 0.15) is 39.3 Å². The lowest BCUT2D eigenvalue weighted by Crippen LogP contribution is -2.33. The molecule has 3 N–H and O–H groups in total. The standard InChI is InChI=1S/C25H28N8O2/c1-16-21(11-19(12-27-16)24(34)26-5-8-33-6-3-4-7-33)31-25(35)18-9-17-10-22(30-23(17)28-13-18)20-14-29-32(2)15-20/h9-15H,3-8H2,1-2H3,(H,26,34)(H,28,30)(H,31,35). The summed E-state index contributed by atoms with van der Waals surface area (Å²) in [5.74, 6) is -0.523. The second-order valence-electron chi connectivity index (χ2n) is 8.86. The highest BCUT2D eigenvalue weighted by Gasteiger charge is 2.15. The molecule has 10 heteroatoms. The van der Waals surface area contributed by atoms with Crippen molar-refractivity contribution in [3.05, 3.63) is 59.8 Å². The highest BCUT2D eigenvalue weighted by Crippen LogP contribution is 2.24. The number of hydrogen-bond acceptors (Lipinski definition) is 6. The zero-order valence-electron chi connectivity index (χ0n) is 19.8. The molecule has 4 aromatic heterocycles. The molecule has 5 heterocycles. The van der Waals surface area contributed by atoms with Crippen LogP contribution in [0.5, 0.6) is 0 Å². The van der Waals surface area contributed by atoms with E-state index in [0.717, 1.165) is 36.3 Å². The number of rotatable bonds is 7. The third-order valence-corrected chi connectivity index (χ3v) is 6.26. The molecule has 0 aromatic carbocycles. The number of nitrogens with zero attached hydrogens (tertiary/aromatic N) is 5. The predicted molar refractivity (Wildman–Crippen MR) is 133 cm³/mol. The Bertz CT molecular complexity index is 1380. The first-order valence-corrected chi connectivity index (χ1v) is 11.7. The van der Waals surface area contributed by atoms with E-state index >= 15 is 0 Å². The van der Waals surface area contributed by atoms with E-state index in [0.29, 0.717) is 34.7 Å². The van der Waals surface area contributed by atoms with E-state index in [1.54, 1.807) is 29.9 Å². The quantitative estimate of drug-likeness (QED) is 0.380. The van der Waals surface area contributed by atoms with E-state index in [2.05, 4.69) is 35.6 Å². The number of hydrogen-bond donors (Lipinski definition) is 3. The molecule has 180 valence electrons. The van der Waals surface area contributed by atoms with Crippen LogP contribution in [0.25, 0.3) is 22.3 Å². The summed E-state index contributed by atoms with van der Waals surface area (Å²) in [5.41, 5.74) is 4.44. The molecule has 1 saturated heterocycles. The van der Waals surface area contributed by atoms with Crippen LogP contribution in [0.3, 0.4) is 0 Å². The number of amides is 2. The lowest BCUT2D eigenvalue weighted by atomic mass is 10.1. The normalized spacial score (nSPS) is 13.9. The van der Waals surface area contributed by atoms with Gasteiger partial charge in [0.25, 0.3) is 11.8 Å². The van der Waals surface area contributed by atoms with Crippen molar-refractivity contribution in [2.24, 2.45) is 7.05 Å². The van der Waals surface area contributed by atoms with Gasteiger partial charge in [0.05, 0.1) is 34.4 Å². The second kappa shape index (κ2) is 9.67. The molecule has 1 aliphatic rings. The highest BCUT2D eigenvalue weighted by atomic mass is 16.2. The van der Waals surface area contributed by atoms with Gasteiger partial charge in [0.15, 0.2) is 0 Å². The Kier molecular flexibility index (Phi) is 6.28. The first-order chi connectivity index (χ1) is 17.0. The average molecular weight is 473 g/mol. The lowest BCUT2D eigenvalue weighted by molar-refractivity contribution is 0.0948. The summed E-state index contributed by atoms with van der Waals surface area (Å²) in [6, 6.07) is 5.38. The van der Waals surface area contributed by atoms with Crippen LogP contribution in [-0.4, -0.2) is 67.6 Å². The zero-order chi connectivity index (χ0) is 24.4. The minimum absolute atomic E-state index is 0.203. The zero-order valence-corrected chi connectivity index (χ0v) is 19.8. The van der Waals surface area contributed by atoms with Crippen molar-refractivity contribution in [3.63, 3.8) is 0 Å². The van der Waals surface area contributed by atoms with Crippen LogP contribution >= 0.6 is 0 Å². The fraction of sp³-hybridized carbons (Fsp3) is 0.320. The molecule has 5 rings (SSSR count). The SMILES string of the molecule is Cc1ncc(C(=O)NCCN2CCCC2)cc1NC(=O)c1cnc2[nH]c(-c3cnn(C)c3)cc2c1. The molecule has 0 atom stereocenters. The number of anilines is 1. The molecular weight excluding hydrogens is 444 g/mol. The lowest BCUT2D eigenvalue weighted by Gasteiger charge is -2.15. The van der Waals surface area contributed by atoms with Crippen LogP contribution in [0.2, 0.25) is 0 Å². The van der Waals surface area contributed by atoms with Crippen molar-refractivity contribution in [3.8, 4) is 11.3 Å². The molecule has 2 amide bonds.